The monoisotopic (exact) mass is 361 g/mol. The molecule has 2 rings (SSSR count). The van der Waals surface area contributed by atoms with E-state index in [0.29, 0.717) is 0 Å². The minimum Gasteiger partial charge on any atom is -0.280 e. The molecular weight excluding hydrogens is 350 g/mol. The Hall–Kier alpha value is -1.68. The molecule has 1 aromatic carbocycles. The summed E-state index contributed by atoms with van der Waals surface area (Å²) in [5.74, 6) is 0. The Morgan fingerprint density at radius 1 is 1.00 bits per heavy atom. The summed E-state index contributed by atoms with van der Waals surface area (Å²) in [5, 5.41) is -0.149. The molecule has 0 saturated heterocycles. The largest absolute Gasteiger partial charge is 0.280 e. The molecule has 0 bridgehead atoms. The first-order valence-electron chi connectivity index (χ1n) is 5.93. The fourth-order valence-corrected chi connectivity index (χ4v) is 3.84. The third-order valence-corrected chi connectivity index (χ3v) is 5.96. The number of pyridine rings is 1. The van der Waals surface area contributed by atoms with Crippen molar-refractivity contribution in [2.24, 2.45) is 0 Å². The summed E-state index contributed by atoms with van der Waals surface area (Å²) in [6.45, 7) is 0. The molecule has 0 atom stereocenters. The van der Waals surface area contributed by atoms with Gasteiger partial charge in [0.05, 0.1) is 4.90 Å². The second-order valence-corrected chi connectivity index (χ2v) is 8.03. The van der Waals surface area contributed by atoms with Crippen LogP contribution in [0.4, 0.5) is 5.69 Å². The minimum absolute atomic E-state index is 0.0253. The second kappa shape index (κ2) is 6.21. The topological polar surface area (TPSA) is 105 Å². The summed E-state index contributed by atoms with van der Waals surface area (Å²) < 4.78 is 52.0. The van der Waals surface area contributed by atoms with E-state index in [9.17, 15) is 16.8 Å². The smallest absolute Gasteiger partial charge is 0.264 e. The van der Waals surface area contributed by atoms with E-state index >= 15 is 0 Å². The van der Waals surface area contributed by atoms with Crippen LogP contribution >= 0.6 is 11.6 Å². The average molecular weight is 362 g/mol. The van der Waals surface area contributed by atoms with Gasteiger partial charge in [0.2, 0.25) is 10.0 Å². The molecule has 0 aliphatic carbocycles. The minimum atomic E-state index is -3.91. The highest BCUT2D eigenvalue weighted by molar-refractivity contribution is 7.92. The zero-order chi connectivity index (χ0) is 16.4. The second-order valence-electron chi connectivity index (χ2n) is 4.13. The van der Waals surface area contributed by atoms with Crippen LogP contribution in [0.25, 0.3) is 0 Å². The SMILES string of the molecule is CNS(=O)(=O)c1ccc(NS(=O)(=O)c2cccnc2Cl)cc1. The molecule has 0 fully saturated rings. The van der Waals surface area contributed by atoms with Crippen molar-refractivity contribution in [3.63, 3.8) is 0 Å². The first-order chi connectivity index (χ1) is 10.3. The van der Waals surface area contributed by atoms with Crippen LogP contribution in [0.1, 0.15) is 0 Å². The third kappa shape index (κ3) is 3.55. The van der Waals surface area contributed by atoms with Gasteiger partial charge in [-0.3, -0.25) is 4.72 Å². The van der Waals surface area contributed by atoms with Gasteiger partial charge in [-0.1, -0.05) is 11.6 Å². The zero-order valence-corrected chi connectivity index (χ0v) is 13.7. The lowest BCUT2D eigenvalue weighted by Gasteiger charge is -2.09. The van der Waals surface area contributed by atoms with E-state index in [1.54, 1.807) is 0 Å². The van der Waals surface area contributed by atoms with E-state index < -0.39 is 20.0 Å². The molecule has 10 heteroatoms. The number of nitrogens with zero attached hydrogens (tertiary/aromatic N) is 1. The van der Waals surface area contributed by atoms with Crippen molar-refractivity contribution in [2.45, 2.75) is 9.79 Å². The molecule has 0 amide bonds. The lowest BCUT2D eigenvalue weighted by Crippen LogP contribution is -2.18. The fourth-order valence-electron chi connectivity index (χ4n) is 1.60. The van der Waals surface area contributed by atoms with Gasteiger partial charge in [0.1, 0.15) is 10.0 Å². The van der Waals surface area contributed by atoms with Crippen LogP contribution in [0, 0.1) is 0 Å². The number of nitrogens with one attached hydrogen (secondary N) is 2. The van der Waals surface area contributed by atoms with Crippen LogP contribution in [-0.2, 0) is 20.0 Å². The first kappa shape index (κ1) is 16.7. The summed E-state index contributed by atoms with van der Waals surface area (Å²) in [6.07, 6.45) is 1.37. The van der Waals surface area contributed by atoms with Gasteiger partial charge in [-0.15, -0.1) is 0 Å². The van der Waals surface area contributed by atoms with Gasteiger partial charge >= 0.3 is 0 Å². The predicted molar refractivity (Wildman–Crippen MR) is 82.7 cm³/mol. The molecule has 2 aromatic rings. The standard InChI is InChI=1S/C12H12ClN3O4S2/c1-14-21(17,18)10-6-4-9(5-7-10)16-22(19,20)11-3-2-8-15-12(11)13/h2-8,14,16H,1H3. The molecule has 22 heavy (non-hydrogen) atoms. The molecule has 118 valence electrons. The molecular formula is C12H12ClN3O4S2. The zero-order valence-electron chi connectivity index (χ0n) is 11.3. The Morgan fingerprint density at radius 2 is 1.64 bits per heavy atom. The van der Waals surface area contributed by atoms with E-state index in [2.05, 4.69) is 14.4 Å². The van der Waals surface area contributed by atoms with Crippen molar-refractivity contribution in [3.05, 3.63) is 47.7 Å². The molecule has 1 aromatic heterocycles. The molecule has 0 saturated carbocycles. The summed E-state index contributed by atoms with van der Waals surface area (Å²) in [7, 11) is -6.20. The van der Waals surface area contributed by atoms with E-state index in [4.69, 9.17) is 11.6 Å². The molecule has 0 unspecified atom stereocenters. The first-order valence-corrected chi connectivity index (χ1v) is 9.27. The summed E-state index contributed by atoms with van der Waals surface area (Å²) in [4.78, 5) is 3.57. The van der Waals surface area contributed by atoms with Gasteiger partial charge in [0, 0.05) is 11.9 Å². The number of hydrogen-bond donors (Lipinski definition) is 2. The van der Waals surface area contributed by atoms with Crippen molar-refractivity contribution in [3.8, 4) is 0 Å². The Kier molecular flexibility index (Phi) is 4.71. The number of rotatable bonds is 5. The summed E-state index contributed by atoms with van der Waals surface area (Å²) >= 11 is 5.76. The number of halogens is 1. The maximum atomic E-state index is 12.2. The third-order valence-electron chi connectivity index (χ3n) is 2.70. The van der Waals surface area contributed by atoms with Gasteiger partial charge in [-0.2, -0.15) is 0 Å². The maximum Gasteiger partial charge on any atom is 0.264 e. The number of sulfonamides is 2. The van der Waals surface area contributed by atoms with Crippen LogP contribution in [0.2, 0.25) is 5.15 Å². The number of hydrogen-bond acceptors (Lipinski definition) is 5. The van der Waals surface area contributed by atoms with Crippen molar-refractivity contribution < 1.29 is 16.8 Å². The Balaban J connectivity index is 2.30. The van der Waals surface area contributed by atoms with Crippen LogP contribution in [0.15, 0.2) is 52.4 Å². The highest BCUT2D eigenvalue weighted by Crippen LogP contribution is 2.22. The van der Waals surface area contributed by atoms with Gasteiger partial charge in [0.15, 0.2) is 0 Å². The average Bonchev–Trinajstić information content (AvgIpc) is 2.47. The van der Waals surface area contributed by atoms with Crippen LogP contribution < -0.4 is 9.44 Å². The van der Waals surface area contributed by atoms with Crippen LogP contribution in [-0.4, -0.2) is 28.9 Å². The van der Waals surface area contributed by atoms with Gasteiger partial charge in [-0.25, -0.2) is 26.5 Å². The highest BCUT2D eigenvalue weighted by atomic mass is 35.5. The van der Waals surface area contributed by atoms with E-state index in [0.717, 1.165) is 0 Å². The Bertz CT molecular complexity index is 881. The number of aromatic nitrogens is 1. The molecule has 2 N–H and O–H groups in total. The van der Waals surface area contributed by atoms with Crippen molar-refractivity contribution in [2.75, 3.05) is 11.8 Å². The van der Waals surface area contributed by atoms with E-state index in [-0.39, 0.29) is 20.6 Å². The molecule has 0 spiro atoms. The molecule has 0 aliphatic rings. The number of benzene rings is 1. The molecule has 7 nitrogen and oxygen atoms in total. The van der Waals surface area contributed by atoms with E-state index in [1.165, 1.54) is 49.6 Å². The maximum absolute atomic E-state index is 12.2. The predicted octanol–water partition coefficient (Wildman–Crippen LogP) is 1.44. The Labute approximate surface area is 133 Å². The molecule has 0 radical (unpaired) electrons. The van der Waals surface area contributed by atoms with Gasteiger partial charge < -0.3 is 0 Å². The van der Waals surface area contributed by atoms with Crippen molar-refractivity contribution in [1.82, 2.24) is 9.71 Å². The number of anilines is 1. The summed E-state index contributed by atoms with van der Waals surface area (Å²) in [6, 6.07) is 8.02. The quantitative estimate of drug-likeness (QED) is 0.784. The normalized spacial score (nSPS) is 12.1. The van der Waals surface area contributed by atoms with Crippen molar-refractivity contribution >= 4 is 37.3 Å². The van der Waals surface area contributed by atoms with Gasteiger partial charge in [0.25, 0.3) is 10.0 Å². The fraction of sp³-hybridized carbons (Fsp3) is 0.0833. The van der Waals surface area contributed by atoms with Crippen LogP contribution in [0.5, 0.6) is 0 Å². The Morgan fingerprint density at radius 3 is 2.18 bits per heavy atom. The molecule has 0 aliphatic heterocycles. The highest BCUT2D eigenvalue weighted by Gasteiger charge is 2.19. The lowest BCUT2D eigenvalue weighted by molar-refractivity contribution is 0.588. The van der Waals surface area contributed by atoms with Crippen molar-refractivity contribution in [1.29, 1.82) is 0 Å². The van der Waals surface area contributed by atoms with Gasteiger partial charge in [-0.05, 0) is 43.4 Å². The van der Waals surface area contributed by atoms with Crippen LogP contribution in [0.3, 0.4) is 0 Å². The van der Waals surface area contributed by atoms with E-state index in [1.807, 2.05) is 0 Å². The summed E-state index contributed by atoms with van der Waals surface area (Å²) in [5.41, 5.74) is 0.204. The lowest BCUT2D eigenvalue weighted by atomic mass is 10.3. The molecule has 1 heterocycles.